The first-order chi connectivity index (χ1) is 10.7. The molecule has 0 spiro atoms. The lowest BCUT2D eigenvalue weighted by Crippen LogP contribution is -2.32. The van der Waals surface area contributed by atoms with Crippen molar-refractivity contribution in [2.75, 3.05) is 19.0 Å². The molecule has 0 unspecified atom stereocenters. The summed E-state index contributed by atoms with van der Waals surface area (Å²) in [5.41, 5.74) is 1.59. The van der Waals surface area contributed by atoms with Crippen LogP contribution in [-0.2, 0) is 11.2 Å². The van der Waals surface area contributed by atoms with Gasteiger partial charge in [0.1, 0.15) is 18.1 Å². The summed E-state index contributed by atoms with van der Waals surface area (Å²) in [5.74, 6) is 1.22. The number of carbonyl (C=O) groups is 1. The van der Waals surface area contributed by atoms with Crippen molar-refractivity contribution in [1.82, 2.24) is 0 Å². The number of ether oxygens (including phenoxy) is 2. The first-order valence-corrected chi connectivity index (χ1v) is 7.40. The Bertz CT molecular complexity index is 702. The van der Waals surface area contributed by atoms with Gasteiger partial charge in [0.2, 0.25) is 5.91 Å². The number of rotatable bonds is 3. The zero-order valence-electron chi connectivity index (χ0n) is 12.1. The second-order valence-corrected chi connectivity index (χ2v) is 5.56. The summed E-state index contributed by atoms with van der Waals surface area (Å²) >= 11 is 6.07. The molecule has 1 aliphatic rings. The van der Waals surface area contributed by atoms with Crippen LogP contribution in [0.5, 0.6) is 11.5 Å². The first-order valence-electron chi connectivity index (χ1n) is 7.02. The summed E-state index contributed by atoms with van der Waals surface area (Å²) < 4.78 is 10.9. The zero-order valence-corrected chi connectivity index (χ0v) is 12.9. The summed E-state index contributed by atoms with van der Waals surface area (Å²) in [6, 6.07) is 12.8. The highest BCUT2D eigenvalue weighted by atomic mass is 35.5. The second-order valence-electron chi connectivity index (χ2n) is 5.15. The average molecular weight is 318 g/mol. The highest BCUT2D eigenvalue weighted by Crippen LogP contribution is 2.31. The fraction of sp³-hybridized carbons (Fsp3) is 0.235. The summed E-state index contributed by atoms with van der Waals surface area (Å²) in [4.78, 5) is 12.4. The van der Waals surface area contributed by atoms with Gasteiger partial charge in [-0.3, -0.25) is 4.79 Å². The van der Waals surface area contributed by atoms with Gasteiger partial charge in [0.05, 0.1) is 23.7 Å². The standard InChI is InChI=1S/C17H16ClNO3/c1-21-13-6-7-16-11(9-13)8-12(10-22-16)17(20)19-15-5-3-2-4-14(15)18/h2-7,9,12H,8,10H2,1H3,(H,19,20)/t12-/m0/s1. The van der Waals surface area contributed by atoms with Crippen LogP contribution in [0.1, 0.15) is 5.56 Å². The molecule has 0 aliphatic carbocycles. The molecule has 0 fully saturated rings. The topological polar surface area (TPSA) is 47.6 Å². The number of amides is 1. The molecule has 0 saturated heterocycles. The molecule has 2 aromatic carbocycles. The van der Waals surface area contributed by atoms with E-state index in [4.69, 9.17) is 21.1 Å². The fourth-order valence-corrected chi connectivity index (χ4v) is 2.65. The minimum Gasteiger partial charge on any atom is -0.497 e. The number of hydrogen-bond acceptors (Lipinski definition) is 3. The molecule has 0 radical (unpaired) electrons. The van der Waals surface area contributed by atoms with Crippen molar-refractivity contribution in [2.45, 2.75) is 6.42 Å². The van der Waals surface area contributed by atoms with E-state index in [0.717, 1.165) is 17.1 Å². The molecule has 1 N–H and O–H groups in total. The number of nitrogens with one attached hydrogen (secondary N) is 1. The van der Waals surface area contributed by atoms with Crippen LogP contribution in [0.4, 0.5) is 5.69 Å². The zero-order chi connectivity index (χ0) is 15.5. The first kappa shape index (κ1) is 14.7. The minimum atomic E-state index is -0.254. The molecule has 4 nitrogen and oxygen atoms in total. The van der Waals surface area contributed by atoms with Gasteiger partial charge in [0.15, 0.2) is 0 Å². The summed E-state index contributed by atoms with van der Waals surface area (Å²) in [6.07, 6.45) is 0.614. The predicted octanol–water partition coefficient (Wildman–Crippen LogP) is 3.54. The van der Waals surface area contributed by atoms with Crippen molar-refractivity contribution >= 4 is 23.2 Å². The molecule has 1 atom stereocenters. The van der Waals surface area contributed by atoms with Crippen molar-refractivity contribution < 1.29 is 14.3 Å². The molecule has 1 aliphatic heterocycles. The molecule has 114 valence electrons. The van der Waals surface area contributed by atoms with Crippen LogP contribution in [0.2, 0.25) is 5.02 Å². The van der Waals surface area contributed by atoms with Gasteiger partial charge in [-0.1, -0.05) is 23.7 Å². The lowest BCUT2D eigenvalue weighted by molar-refractivity contribution is -0.121. The quantitative estimate of drug-likeness (QED) is 0.942. The highest BCUT2D eigenvalue weighted by Gasteiger charge is 2.26. The second kappa shape index (κ2) is 6.28. The van der Waals surface area contributed by atoms with Gasteiger partial charge >= 0.3 is 0 Å². The number of para-hydroxylation sites is 1. The maximum absolute atomic E-state index is 12.4. The van der Waals surface area contributed by atoms with Crippen LogP contribution in [0, 0.1) is 5.92 Å². The lowest BCUT2D eigenvalue weighted by atomic mass is 9.95. The highest BCUT2D eigenvalue weighted by molar-refractivity contribution is 6.33. The largest absolute Gasteiger partial charge is 0.497 e. The molecular formula is C17H16ClNO3. The van der Waals surface area contributed by atoms with Crippen molar-refractivity contribution in [3.8, 4) is 11.5 Å². The van der Waals surface area contributed by atoms with Gasteiger partial charge in [0, 0.05) is 0 Å². The molecule has 22 heavy (non-hydrogen) atoms. The Morgan fingerprint density at radius 1 is 1.32 bits per heavy atom. The van der Waals surface area contributed by atoms with Gasteiger partial charge in [-0.2, -0.15) is 0 Å². The van der Waals surface area contributed by atoms with E-state index in [2.05, 4.69) is 5.32 Å². The molecular weight excluding hydrogens is 302 g/mol. The van der Waals surface area contributed by atoms with E-state index < -0.39 is 0 Å². The maximum Gasteiger partial charge on any atom is 0.231 e. The third-order valence-corrected chi connectivity index (χ3v) is 4.01. The summed E-state index contributed by atoms with van der Waals surface area (Å²) in [7, 11) is 1.62. The molecule has 3 rings (SSSR count). The normalized spacial score (nSPS) is 16.4. The SMILES string of the molecule is COc1ccc2c(c1)C[C@H](C(=O)Nc1ccccc1Cl)CO2. The Morgan fingerprint density at radius 3 is 2.91 bits per heavy atom. The molecule has 1 heterocycles. The number of carbonyl (C=O) groups excluding carboxylic acids is 1. The van der Waals surface area contributed by atoms with E-state index in [9.17, 15) is 4.79 Å². The minimum absolute atomic E-state index is 0.0958. The van der Waals surface area contributed by atoms with Crippen LogP contribution >= 0.6 is 11.6 Å². The van der Waals surface area contributed by atoms with Gasteiger partial charge in [-0.05, 0) is 42.3 Å². The molecule has 0 bridgehead atoms. The Morgan fingerprint density at radius 2 is 2.14 bits per heavy atom. The number of benzene rings is 2. The Balaban J connectivity index is 1.73. The van der Waals surface area contributed by atoms with E-state index in [0.29, 0.717) is 23.7 Å². The Hall–Kier alpha value is -2.20. The monoisotopic (exact) mass is 317 g/mol. The van der Waals surface area contributed by atoms with E-state index in [1.165, 1.54) is 0 Å². The smallest absolute Gasteiger partial charge is 0.231 e. The van der Waals surface area contributed by atoms with Gasteiger partial charge < -0.3 is 14.8 Å². The molecule has 0 saturated carbocycles. The number of hydrogen-bond donors (Lipinski definition) is 1. The van der Waals surface area contributed by atoms with Crippen molar-refractivity contribution in [3.05, 3.63) is 53.1 Å². The average Bonchev–Trinajstić information content (AvgIpc) is 2.55. The van der Waals surface area contributed by atoms with E-state index in [-0.39, 0.29) is 11.8 Å². The van der Waals surface area contributed by atoms with Gasteiger partial charge in [-0.25, -0.2) is 0 Å². The predicted molar refractivity (Wildman–Crippen MR) is 85.8 cm³/mol. The van der Waals surface area contributed by atoms with Crippen LogP contribution in [0.3, 0.4) is 0 Å². The Kier molecular flexibility index (Phi) is 4.20. The number of halogens is 1. The Labute approximate surface area is 134 Å². The van der Waals surface area contributed by atoms with Crippen molar-refractivity contribution in [1.29, 1.82) is 0 Å². The lowest BCUT2D eigenvalue weighted by Gasteiger charge is -2.25. The van der Waals surface area contributed by atoms with Crippen LogP contribution < -0.4 is 14.8 Å². The van der Waals surface area contributed by atoms with E-state index in [1.54, 1.807) is 19.2 Å². The van der Waals surface area contributed by atoms with Gasteiger partial charge in [0.25, 0.3) is 0 Å². The molecule has 5 heteroatoms. The third-order valence-electron chi connectivity index (χ3n) is 3.68. The van der Waals surface area contributed by atoms with Crippen LogP contribution in [-0.4, -0.2) is 19.6 Å². The van der Waals surface area contributed by atoms with Crippen molar-refractivity contribution in [3.63, 3.8) is 0 Å². The van der Waals surface area contributed by atoms with Gasteiger partial charge in [-0.15, -0.1) is 0 Å². The molecule has 0 aromatic heterocycles. The number of methoxy groups -OCH3 is 1. The summed E-state index contributed by atoms with van der Waals surface area (Å²) in [5, 5.41) is 3.38. The molecule has 2 aromatic rings. The van der Waals surface area contributed by atoms with Crippen LogP contribution in [0.15, 0.2) is 42.5 Å². The molecule has 1 amide bonds. The van der Waals surface area contributed by atoms with E-state index in [1.807, 2.05) is 30.3 Å². The van der Waals surface area contributed by atoms with Crippen molar-refractivity contribution in [2.24, 2.45) is 5.92 Å². The maximum atomic E-state index is 12.4. The summed E-state index contributed by atoms with van der Waals surface area (Å²) in [6.45, 7) is 0.357. The number of anilines is 1. The van der Waals surface area contributed by atoms with Crippen LogP contribution in [0.25, 0.3) is 0 Å². The number of fused-ring (bicyclic) bond motifs is 1. The van der Waals surface area contributed by atoms with E-state index >= 15 is 0 Å². The third kappa shape index (κ3) is 3.02. The fourth-order valence-electron chi connectivity index (χ4n) is 2.46.